The standard InChI is InChI=1S/C13H12N2O3/c16-11-7-3-6-10(14-11)15-12(17)8-4-1-2-5-9(8)13(15)18/h3,6-7H,1-2,4-5H2,(H,14,16). The quantitative estimate of drug-likeness (QED) is 0.752. The molecule has 5 nitrogen and oxygen atoms in total. The Morgan fingerprint density at radius 3 is 2.11 bits per heavy atom. The molecule has 0 fully saturated rings. The van der Waals surface area contributed by atoms with Crippen LogP contribution < -0.4 is 10.5 Å². The highest BCUT2D eigenvalue weighted by atomic mass is 16.2. The number of nitrogens with one attached hydrogen (secondary N) is 1. The van der Waals surface area contributed by atoms with Crippen LogP contribution in [0.2, 0.25) is 0 Å². The van der Waals surface area contributed by atoms with Crippen LogP contribution in [0.5, 0.6) is 0 Å². The molecule has 0 bridgehead atoms. The minimum atomic E-state index is -0.321. The van der Waals surface area contributed by atoms with Gasteiger partial charge in [-0.15, -0.1) is 0 Å². The van der Waals surface area contributed by atoms with Gasteiger partial charge in [-0.1, -0.05) is 6.07 Å². The predicted molar refractivity (Wildman–Crippen MR) is 65.0 cm³/mol. The molecule has 3 rings (SSSR count). The maximum absolute atomic E-state index is 12.2. The van der Waals surface area contributed by atoms with Gasteiger partial charge in [0.1, 0.15) is 5.82 Å². The average Bonchev–Trinajstić information content (AvgIpc) is 2.63. The van der Waals surface area contributed by atoms with Crippen molar-refractivity contribution < 1.29 is 9.59 Å². The van der Waals surface area contributed by atoms with Crippen LogP contribution in [0.25, 0.3) is 0 Å². The van der Waals surface area contributed by atoms with Crippen LogP contribution >= 0.6 is 0 Å². The van der Waals surface area contributed by atoms with Gasteiger partial charge in [-0.3, -0.25) is 14.4 Å². The van der Waals surface area contributed by atoms with E-state index in [9.17, 15) is 14.4 Å². The number of carbonyl (C=O) groups is 2. The van der Waals surface area contributed by atoms with Crippen molar-refractivity contribution >= 4 is 17.6 Å². The van der Waals surface area contributed by atoms with Gasteiger partial charge >= 0.3 is 0 Å². The third kappa shape index (κ3) is 1.51. The van der Waals surface area contributed by atoms with Crippen molar-refractivity contribution in [2.75, 3.05) is 4.90 Å². The van der Waals surface area contributed by atoms with Crippen molar-refractivity contribution in [2.24, 2.45) is 0 Å². The van der Waals surface area contributed by atoms with Crippen LogP contribution in [0.15, 0.2) is 34.1 Å². The van der Waals surface area contributed by atoms with Crippen molar-refractivity contribution in [3.05, 3.63) is 39.7 Å². The highest BCUT2D eigenvalue weighted by molar-refractivity contribution is 6.32. The lowest BCUT2D eigenvalue weighted by atomic mass is 9.93. The molecule has 2 amide bonds. The molecule has 0 radical (unpaired) electrons. The Labute approximate surface area is 103 Å². The molecule has 5 heteroatoms. The number of hydrogen-bond donors (Lipinski definition) is 1. The SMILES string of the molecule is O=C1C2=C(CCCC2)C(=O)N1c1cccc(=O)[nH]1. The summed E-state index contributed by atoms with van der Waals surface area (Å²) in [6, 6.07) is 4.45. The van der Waals surface area contributed by atoms with Crippen molar-refractivity contribution in [3.8, 4) is 0 Å². The van der Waals surface area contributed by atoms with Crippen molar-refractivity contribution in [2.45, 2.75) is 25.7 Å². The van der Waals surface area contributed by atoms with Gasteiger partial charge in [0.2, 0.25) is 5.56 Å². The number of hydrogen-bond acceptors (Lipinski definition) is 3. The fourth-order valence-corrected chi connectivity index (χ4v) is 2.52. The fourth-order valence-electron chi connectivity index (χ4n) is 2.52. The van der Waals surface area contributed by atoms with E-state index in [0.29, 0.717) is 24.0 Å². The molecule has 2 aliphatic rings. The molecule has 1 aromatic heterocycles. The molecule has 0 saturated carbocycles. The zero-order valence-corrected chi connectivity index (χ0v) is 9.73. The van der Waals surface area contributed by atoms with Gasteiger partial charge in [0.05, 0.1) is 0 Å². The molecule has 0 aromatic carbocycles. The number of amides is 2. The summed E-state index contributed by atoms with van der Waals surface area (Å²) in [6.07, 6.45) is 3.20. The third-order valence-corrected chi connectivity index (χ3v) is 3.38. The van der Waals surface area contributed by atoms with E-state index in [4.69, 9.17) is 0 Å². The number of carbonyl (C=O) groups excluding carboxylic acids is 2. The summed E-state index contributed by atoms with van der Waals surface area (Å²) in [7, 11) is 0. The number of H-pyrrole nitrogens is 1. The Morgan fingerprint density at radius 2 is 1.56 bits per heavy atom. The van der Waals surface area contributed by atoms with E-state index in [1.807, 2.05) is 0 Å². The number of rotatable bonds is 1. The molecule has 18 heavy (non-hydrogen) atoms. The molecule has 0 saturated heterocycles. The van der Waals surface area contributed by atoms with Crippen LogP contribution in [0.3, 0.4) is 0 Å². The van der Waals surface area contributed by atoms with Gasteiger partial charge in [-0.05, 0) is 31.7 Å². The zero-order valence-electron chi connectivity index (χ0n) is 9.73. The number of aromatic nitrogens is 1. The minimum Gasteiger partial charge on any atom is -0.308 e. The second kappa shape index (κ2) is 3.94. The molecule has 1 N–H and O–H groups in total. The lowest BCUT2D eigenvalue weighted by molar-refractivity contribution is -0.120. The molecule has 1 aliphatic carbocycles. The Bertz CT molecular complexity index is 599. The summed E-state index contributed by atoms with van der Waals surface area (Å²) < 4.78 is 0. The Kier molecular flexibility index (Phi) is 2.40. The number of aromatic amines is 1. The number of nitrogens with zero attached hydrogens (tertiary/aromatic N) is 1. The highest BCUT2D eigenvalue weighted by Gasteiger charge is 2.39. The van der Waals surface area contributed by atoms with Gasteiger partial charge < -0.3 is 4.98 Å². The first-order valence-electron chi connectivity index (χ1n) is 5.98. The van der Waals surface area contributed by atoms with Gasteiger partial charge in [0.15, 0.2) is 0 Å². The summed E-state index contributed by atoms with van der Waals surface area (Å²) in [5.41, 5.74) is 0.921. The molecular weight excluding hydrogens is 232 g/mol. The number of pyridine rings is 1. The first kappa shape index (κ1) is 11.0. The van der Waals surface area contributed by atoms with Crippen molar-refractivity contribution in [1.29, 1.82) is 0 Å². The maximum Gasteiger partial charge on any atom is 0.262 e. The minimum absolute atomic E-state index is 0.256. The van der Waals surface area contributed by atoms with E-state index in [2.05, 4.69) is 4.98 Å². The Hall–Kier alpha value is -2.17. The van der Waals surface area contributed by atoms with Crippen LogP contribution in [-0.4, -0.2) is 16.8 Å². The van der Waals surface area contributed by atoms with Crippen LogP contribution in [0, 0.1) is 0 Å². The number of anilines is 1. The monoisotopic (exact) mass is 244 g/mol. The predicted octanol–water partition coefficient (Wildman–Crippen LogP) is 1.12. The van der Waals surface area contributed by atoms with E-state index in [1.165, 1.54) is 12.1 Å². The van der Waals surface area contributed by atoms with E-state index >= 15 is 0 Å². The summed E-state index contributed by atoms with van der Waals surface area (Å²) in [6.45, 7) is 0. The largest absolute Gasteiger partial charge is 0.308 e. The maximum atomic E-state index is 12.2. The summed E-state index contributed by atoms with van der Waals surface area (Å²) >= 11 is 0. The highest BCUT2D eigenvalue weighted by Crippen LogP contribution is 2.34. The lowest BCUT2D eigenvalue weighted by Gasteiger charge is -2.13. The van der Waals surface area contributed by atoms with Gasteiger partial charge in [0, 0.05) is 17.2 Å². The Balaban J connectivity index is 2.04. The topological polar surface area (TPSA) is 70.2 Å². The van der Waals surface area contributed by atoms with E-state index in [-0.39, 0.29) is 23.2 Å². The first-order valence-corrected chi connectivity index (χ1v) is 5.98. The molecular formula is C13H12N2O3. The Morgan fingerprint density at radius 1 is 0.944 bits per heavy atom. The number of imide groups is 1. The summed E-state index contributed by atoms with van der Waals surface area (Å²) in [4.78, 5) is 39.2. The normalized spacial score (nSPS) is 19.4. The fraction of sp³-hybridized carbons (Fsp3) is 0.308. The van der Waals surface area contributed by atoms with Gasteiger partial charge in [-0.25, -0.2) is 4.90 Å². The zero-order chi connectivity index (χ0) is 12.7. The third-order valence-electron chi connectivity index (χ3n) is 3.38. The molecule has 1 aliphatic heterocycles. The van der Waals surface area contributed by atoms with Crippen molar-refractivity contribution in [3.63, 3.8) is 0 Å². The smallest absolute Gasteiger partial charge is 0.262 e. The van der Waals surface area contributed by atoms with Gasteiger partial charge in [0.25, 0.3) is 11.8 Å². The second-order valence-corrected chi connectivity index (χ2v) is 4.51. The molecule has 2 heterocycles. The molecule has 92 valence electrons. The first-order chi connectivity index (χ1) is 8.68. The summed E-state index contributed by atoms with van der Waals surface area (Å²) in [5.74, 6) is -0.306. The van der Waals surface area contributed by atoms with Crippen molar-refractivity contribution in [1.82, 2.24) is 4.98 Å². The van der Waals surface area contributed by atoms with Gasteiger partial charge in [-0.2, -0.15) is 0 Å². The summed E-state index contributed by atoms with van der Waals surface area (Å²) in [5, 5.41) is 0. The van der Waals surface area contributed by atoms with E-state index in [1.54, 1.807) is 6.07 Å². The van der Waals surface area contributed by atoms with Crippen LogP contribution in [0.1, 0.15) is 25.7 Å². The van der Waals surface area contributed by atoms with E-state index in [0.717, 1.165) is 17.7 Å². The lowest BCUT2D eigenvalue weighted by Crippen LogP contribution is -2.33. The molecule has 1 aromatic rings. The average molecular weight is 244 g/mol. The molecule has 0 spiro atoms. The van der Waals surface area contributed by atoms with Crippen LogP contribution in [-0.2, 0) is 9.59 Å². The van der Waals surface area contributed by atoms with Crippen LogP contribution in [0.4, 0.5) is 5.82 Å². The molecule has 0 atom stereocenters. The molecule has 0 unspecified atom stereocenters. The second-order valence-electron chi connectivity index (χ2n) is 4.51. The van der Waals surface area contributed by atoms with E-state index < -0.39 is 0 Å².